The van der Waals surface area contributed by atoms with Crippen molar-refractivity contribution in [1.29, 1.82) is 0 Å². The smallest absolute Gasteiger partial charge is 0.417 e. The molecule has 1 amide bonds. The van der Waals surface area contributed by atoms with Crippen LogP contribution in [0, 0.1) is 11.7 Å². The zero-order valence-corrected chi connectivity index (χ0v) is 19.6. The van der Waals surface area contributed by atoms with Crippen LogP contribution in [0.25, 0.3) is 0 Å². The van der Waals surface area contributed by atoms with Gasteiger partial charge in [-0.1, -0.05) is 13.0 Å². The molecule has 0 bridgehead atoms. The van der Waals surface area contributed by atoms with Gasteiger partial charge in [0.25, 0.3) is 5.91 Å². The van der Waals surface area contributed by atoms with Gasteiger partial charge in [-0.2, -0.15) is 13.2 Å². The first kappa shape index (κ1) is 25.8. The van der Waals surface area contributed by atoms with Crippen LogP contribution in [-0.4, -0.2) is 55.9 Å². The number of pyridine rings is 1. The molecule has 7 nitrogen and oxygen atoms in total. The van der Waals surface area contributed by atoms with Crippen LogP contribution in [-0.2, 0) is 27.1 Å². The second kappa shape index (κ2) is 9.32. The van der Waals surface area contributed by atoms with E-state index < -0.39 is 65.3 Å². The van der Waals surface area contributed by atoms with Gasteiger partial charge in [0.05, 0.1) is 24.2 Å². The van der Waals surface area contributed by atoms with E-state index in [1.165, 1.54) is 31.3 Å². The van der Waals surface area contributed by atoms with Crippen molar-refractivity contribution >= 4 is 22.8 Å². The van der Waals surface area contributed by atoms with Gasteiger partial charge >= 0.3 is 6.18 Å². The first-order valence-electron chi connectivity index (χ1n) is 10.9. The van der Waals surface area contributed by atoms with Crippen molar-refractivity contribution < 1.29 is 41.9 Å². The highest BCUT2D eigenvalue weighted by Gasteiger charge is 2.66. The molecule has 1 aromatic carbocycles. The number of anilines is 1. The minimum Gasteiger partial charge on any atom is -0.611 e. The predicted octanol–water partition coefficient (Wildman–Crippen LogP) is 2.99. The van der Waals surface area contributed by atoms with Crippen molar-refractivity contribution in [2.75, 3.05) is 17.7 Å². The van der Waals surface area contributed by atoms with E-state index in [1.807, 2.05) is 0 Å². The lowest BCUT2D eigenvalue weighted by atomic mass is 9.76. The molecule has 35 heavy (non-hydrogen) atoms. The number of fused-ring (bicyclic) bond motifs is 1. The maximum Gasteiger partial charge on any atom is 0.417 e. The van der Waals surface area contributed by atoms with Crippen molar-refractivity contribution in [3.8, 4) is 0 Å². The third-order valence-electron chi connectivity index (χ3n) is 6.85. The van der Waals surface area contributed by atoms with Crippen molar-refractivity contribution in [3.05, 3.63) is 53.1 Å². The molecule has 1 fully saturated rings. The topological polar surface area (TPSA) is 115 Å². The Morgan fingerprint density at radius 2 is 2.09 bits per heavy atom. The van der Waals surface area contributed by atoms with Gasteiger partial charge < -0.3 is 24.8 Å². The van der Waals surface area contributed by atoms with Crippen LogP contribution < -0.4 is 5.32 Å². The number of rotatable bonds is 5. The summed E-state index contributed by atoms with van der Waals surface area (Å²) in [4.78, 5) is 17.3. The van der Waals surface area contributed by atoms with Crippen LogP contribution in [0.15, 0.2) is 35.4 Å². The average Bonchev–Trinajstić information content (AvgIpc) is 3.33. The van der Waals surface area contributed by atoms with Gasteiger partial charge in [0.15, 0.2) is 10.5 Å². The van der Waals surface area contributed by atoms with Gasteiger partial charge in [0.1, 0.15) is 23.8 Å². The molecule has 0 radical (unpaired) electrons. The number of ether oxygens (including phenoxy) is 1. The number of benzene rings is 1. The fourth-order valence-corrected chi connectivity index (χ4v) is 6.22. The summed E-state index contributed by atoms with van der Waals surface area (Å²) in [6.45, 7) is 1.62. The van der Waals surface area contributed by atoms with Crippen LogP contribution in [0.4, 0.5) is 23.2 Å². The summed E-state index contributed by atoms with van der Waals surface area (Å²) in [7, 11) is 0. The van der Waals surface area contributed by atoms with Crippen LogP contribution >= 0.6 is 0 Å². The third-order valence-corrected chi connectivity index (χ3v) is 8.37. The van der Waals surface area contributed by atoms with Gasteiger partial charge in [-0.3, -0.25) is 9.78 Å². The third kappa shape index (κ3) is 4.42. The second-order valence-corrected chi connectivity index (χ2v) is 10.4. The first-order valence-corrected chi connectivity index (χ1v) is 12.2. The fraction of sp³-hybridized carbons (Fsp3) is 0.478. The number of carbonyl (C=O) groups excluding carboxylic acids is 1. The predicted molar refractivity (Wildman–Crippen MR) is 118 cm³/mol. The first-order chi connectivity index (χ1) is 16.4. The molecule has 0 saturated carbocycles. The average molecular weight is 517 g/mol. The van der Waals surface area contributed by atoms with E-state index in [4.69, 9.17) is 9.84 Å². The molecular weight excluding hydrogens is 492 g/mol. The number of nitrogens with one attached hydrogen (secondary N) is 1. The van der Waals surface area contributed by atoms with Crippen LogP contribution in [0.5, 0.6) is 0 Å². The van der Waals surface area contributed by atoms with E-state index in [-0.39, 0.29) is 39.6 Å². The SMILES string of the molecule is C[C@H]1[C@@H](c2ccc(F)c3c2[S+]([O-])CC3)[C@H](C(=O)Nc2ccc([C@@H](O)CO)nc2)O[C@@]1(C)C(F)(F)F. The van der Waals surface area contributed by atoms with Gasteiger partial charge in [-0.05, 0) is 36.3 Å². The minimum atomic E-state index is -4.81. The van der Waals surface area contributed by atoms with E-state index in [1.54, 1.807) is 0 Å². The number of halogens is 4. The Kier molecular flexibility index (Phi) is 6.88. The van der Waals surface area contributed by atoms with Crippen LogP contribution in [0.2, 0.25) is 0 Å². The molecule has 3 N–H and O–H groups in total. The fourth-order valence-electron chi connectivity index (χ4n) is 4.69. The maximum absolute atomic E-state index is 14.4. The number of hydrogen-bond donors (Lipinski definition) is 3. The Morgan fingerprint density at radius 3 is 2.69 bits per heavy atom. The highest BCUT2D eigenvalue weighted by Crippen LogP contribution is 2.55. The number of alkyl halides is 3. The monoisotopic (exact) mass is 516 g/mol. The van der Waals surface area contributed by atoms with Gasteiger partial charge in [0, 0.05) is 29.4 Å². The number of hydrogen-bond acceptors (Lipinski definition) is 6. The Balaban J connectivity index is 1.72. The lowest BCUT2D eigenvalue weighted by molar-refractivity contribution is -0.272. The molecule has 2 aliphatic rings. The summed E-state index contributed by atoms with van der Waals surface area (Å²) in [6.07, 6.45) is -6.28. The zero-order chi connectivity index (χ0) is 25.7. The standard InChI is InChI=1S/C23H24F4N2O5S/c1-11-18(14-4-5-15(24)13-7-8-35(33)20(13)14)19(34-22(11,2)23(25,26)27)21(32)29-12-3-6-16(28-9-12)17(31)10-30/h3-6,9,11,17-19,30-31H,7-8,10H2,1-2H3,(H,29,32)/t11-,17-,18-,19+,22+,35?/m0/s1. The molecule has 12 heteroatoms. The van der Waals surface area contributed by atoms with E-state index in [2.05, 4.69) is 10.3 Å². The number of aliphatic hydroxyl groups is 2. The number of carbonyl (C=O) groups is 1. The minimum absolute atomic E-state index is 0.132. The Labute approximate surface area is 201 Å². The quantitative estimate of drug-likeness (QED) is 0.416. The van der Waals surface area contributed by atoms with Crippen LogP contribution in [0.3, 0.4) is 0 Å². The van der Waals surface area contributed by atoms with Crippen molar-refractivity contribution in [3.63, 3.8) is 0 Å². The lowest BCUT2D eigenvalue weighted by Crippen LogP contribution is -2.47. The zero-order valence-electron chi connectivity index (χ0n) is 18.8. The largest absolute Gasteiger partial charge is 0.611 e. The Hall–Kier alpha value is -2.25. The molecule has 190 valence electrons. The molecule has 0 spiro atoms. The molecule has 1 aromatic heterocycles. The molecule has 0 aliphatic carbocycles. The molecule has 2 aliphatic heterocycles. The van der Waals surface area contributed by atoms with E-state index >= 15 is 0 Å². The van der Waals surface area contributed by atoms with Crippen molar-refractivity contribution in [2.45, 2.75) is 55.1 Å². The molecule has 1 saturated heterocycles. The Morgan fingerprint density at radius 1 is 1.37 bits per heavy atom. The highest BCUT2D eigenvalue weighted by molar-refractivity contribution is 7.91. The summed E-state index contributed by atoms with van der Waals surface area (Å²) in [5.41, 5.74) is -2.02. The summed E-state index contributed by atoms with van der Waals surface area (Å²) in [5.74, 6) is -3.73. The van der Waals surface area contributed by atoms with Crippen molar-refractivity contribution in [1.82, 2.24) is 4.98 Å². The summed E-state index contributed by atoms with van der Waals surface area (Å²) in [6, 6.07) is 5.13. The van der Waals surface area contributed by atoms with Gasteiger partial charge in [-0.25, -0.2) is 4.39 Å². The lowest BCUT2D eigenvalue weighted by Gasteiger charge is -2.31. The number of aliphatic hydroxyl groups excluding tert-OH is 2. The van der Waals surface area contributed by atoms with Gasteiger partial charge in [0.2, 0.25) is 0 Å². The van der Waals surface area contributed by atoms with E-state index in [0.29, 0.717) is 0 Å². The summed E-state index contributed by atoms with van der Waals surface area (Å²) >= 11 is -1.61. The summed E-state index contributed by atoms with van der Waals surface area (Å²) < 4.78 is 74.7. The van der Waals surface area contributed by atoms with E-state index in [0.717, 1.165) is 13.0 Å². The van der Waals surface area contributed by atoms with Crippen LogP contribution in [0.1, 0.15) is 42.7 Å². The van der Waals surface area contributed by atoms with Gasteiger partial charge in [-0.15, -0.1) is 0 Å². The maximum atomic E-state index is 14.4. The number of amides is 1. The van der Waals surface area contributed by atoms with Crippen molar-refractivity contribution in [2.24, 2.45) is 5.92 Å². The molecule has 4 rings (SSSR count). The molecule has 6 atom stereocenters. The molecule has 2 aromatic rings. The van der Waals surface area contributed by atoms with E-state index in [9.17, 15) is 32.0 Å². The molecule has 1 unspecified atom stereocenters. The molecule has 3 heterocycles. The second-order valence-electron chi connectivity index (χ2n) is 8.86. The molecular formula is C23H24F4N2O5S. The highest BCUT2D eigenvalue weighted by atomic mass is 32.2. The normalized spacial score (nSPS) is 29.2. The Bertz CT molecular complexity index is 1120. The summed E-state index contributed by atoms with van der Waals surface area (Å²) in [5, 5.41) is 21.1. The number of nitrogens with zero attached hydrogens (tertiary/aromatic N) is 1. The number of aromatic nitrogens is 1.